The summed E-state index contributed by atoms with van der Waals surface area (Å²) < 4.78 is 4.85. The van der Waals surface area contributed by atoms with Crippen LogP contribution in [-0.4, -0.2) is 9.13 Å². The lowest BCUT2D eigenvalue weighted by atomic mass is 9.96. The van der Waals surface area contributed by atoms with Crippen molar-refractivity contribution in [2.45, 2.75) is 0 Å². The molecule has 2 heterocycles. The zero-order valence-corrected chi connectivity index (χ0v) is 37.3. The number of nitrogens with zero attached hydrogens (tertiary/aromatic N) is 2. The largest absolute Gasteiger partial charge is 0.309 e. The summed E-state index contributed by atoms with van der Waals surface area (Å²) >= 11 is 0. The van der Waals surface area contributed by atoms with Gasteiger partial charge in [0.25, 0.3) is 0 Å². The molecule has 0 aliphatic carbocycles. The average molecular weight is 865 g/mol. The molecular weight excluding hydrogens is 821 g/mol. The summed E-state index contributed by atoms with van der Waals surface area (Å²) in [4.78, 5) is 0. The molecule has 0 unspecified atom stereocenters. The molecule has 2 heteroatoms. The first-order valence-corrected chi connectivity index (χ1v) is 23.4. The smallest absolute Gasteiger partial charge is 0.0541 e. The Balaban J connectivity index is 0.938. The van der Waals surface area contributed by atoms with E-state index in [0.29, 0.717) is 0 Å². The second kappa shape index (κ2) is 16.5. The van der Waals surface area contributed by atoms with Crippen molar-refractivity contribution in [1.82, 2.24) is 9.13 Å². The summed E-state index contributed by atoms with van der Waals surface area (Å²) in [6.07, 6.45) is 0. The van der Waals surface area contributed by atoms with Crippen LogP contribution in [0.4, 0.5) is 0 Å². The fourth-order valence-electron chi connectivity index (χ4n) is 10.3. The third-order valence-electron chi connectivity index (χ3n) is 13.7. The molecule has 68 heavy (non-hydrogen) atoms. The van der Waals surface area contributed by atoms with E-state index in [9.17, 15) is 0 Å². The first-order valence-electron chi connectivity index (χ1n) is 23.4. The zero-order chi connectivity index (χ0) is 45.0. The van der Waals surface area contributed by atoms with Crippen molar-refractivity contribution in [3.05, 3.63) is 267 Å². The highest BCUT2D eigenvalue weighted by Crippen LogP contribution is 2.41. The van der Waals surface area contributed by atoms with Gasteiger partial charge in [-0.2, -0.15) is 0 Å². The van der Waals surface area contributed by atoms with Crippen LogP contribution in [0.15, 0.2) is 267 Å². The molecule has 0 saturated carbocycles. The van der Waals surface area contributed by atoms with Gasteiger partial charge in [0.2, 0.25) is 0 Å². The van der Waals surface area contributed by atoms with Crippen LogP contribution >= 0.6 is 0 Å². The molecular formula is C66H44N2. The summed E-state index contributed by atoms with van der Waals surface area (Å²) in [5, 5.41) is 4.92. The average Bonchev–Trinajstić information content (AvgIpc) is 3.93. The number of hydrogen-bond donors (Lipinski definition) is 0. The standard InChI is InChI=1S/C66H44N2/c1-5-15-45(16-6-1)49-27-33-57(34-28-49)67-63-35-29-53(47-19-9-3-10-20-47)41-59(63)61-43-55(31-37-64(61)67)50-23-13-24-51(39-50)56-32-38-66-62(44-56)60-42-54(48-21-11-4-12-22-48)30-36-65(60)68(66)58-26-14-25-52(40-58)46-17-7-2-8-18-46/h1-44H. The number of benzene rings is 11. The van der Waals surface area contributed by atoms with Crippen LogP contribution in [0.3, 0.4) is 0 Å². The van der Waals surface area contributed by atoms with E-state index in [-0.39, 0.29) is 0 Å². The minimum Gasteiger partial charge on any atom is -0.309 e. The molecule has 318 valence electrons. The van der Waals surface area contributed by atoms with E-state index >= 15 is 0 Å². The molecule has 0 bridgehead atoms. The van der Waals surface area contributed by atoms with Crippen molar-refractivity contribution in [1.29, 1.82) is 0 Å². The van der Waals surface area contributed by atoms with Crippen LogP contribution in [-0.2, 0) is 0 Å². The Morgan fingerprint density at radius 1 is 0.162 bits per heavy atom. The predicted octanol–water partition coefficient (Wildman–Crippen LogP) is 17.9. The van der Waals surface area contributed by atoms with Crippen LogP contribution < -0.4 is 0 Å². The Hall–Kier alpha value is -8.98. The van der Waals surface area contributed by atoms with Gasteiger partial charge in [0.15, 0.2) is 0 Å². The molecule has 0 atom stereocenters. The van der Waals surface area contributed by atoms with E-state index in [1.165, 1.54) is 110 Å². The van der Waals surface area contributed by atoms with Gasteiger partial charge >= 0.3 is 0 Å². The summed E-state index contributed by atoms with van der Waals surface area (Å²) in [5.74, 6) is 0. The lowest BCUT2D eigenvalue weighted by Gasteiger charge is -2.11. The van der Waals surface area contributed by atoms with E-state index in [1.807, 2.05) is 0 Å². The maximum absolute atomic E-state index is 2.43. The SMILES string of the molecule is c1ccc(-c2ccc(-n3c4ccc(-c5ccccc5)cc4c4cc(-c5cccc(-c6ccc7c(c6)c6cc(-c8ccccc8)ccc6n7-c6cccc(-c7ccccc7)c6)c5)ccc43)cc2)cc1. The summed E-state index contributed by atoms with van der Waals surface area (Å²) in [6.45, 7) is 0. The molecule has 11 aromatic carbocycles. The van der Waals surface area contributed by atoms with Gasteiger partial charge < -0.3 is 9.13 Å². The molecule has 0 aliphatic heterocycles. The van der Waals surface area contributed by atoms with Crippen LogP contribution in [0, 0.1) is 0 Å². The van der Waals surface area contributed by atoms with Crippen LogP contribution in [0.2, 0.25) is 0 Å². The third-order valence-corrected chi connectivity index (χ3v) is 13.7. The summed E-state index contributed by atoms with van der Waals surface area (Å²) in [5.41, 5.74) is 21.4. The third kappa shape index (κ3) is 6.90. The number of fused-ring (bicyclic) bond motifs is 6. The molecule has 13 aromatic rings. The van der Waals surface area contributed by atoms with Crippen LogP contribution in [0.25, 0.3) is 122 Å². The topological polar surface area (TPSA) is 9.86 Å². The molecule has 0 N–H and O–H groups in total. The first-order chi connectivity index (χ1) is 33.7. The second-order valence-corrected chi connectivity index (χ2v) is 17.7. The van der Waals surface area contributed by atoms with E-state index in [0.717, 1.165) is 11.4 Å². The van der Waals surface area contributed by atoms with E-state index in [1.54, 1.807) is 0 Å². The summed E-state index contributed by atoms with van der Waals surface area (Å²) in [7, 11) is 0. The van der Waals surface area contributed by atoms with E-state index in [4.69, 9.17) is 0 Å². The first kappa shape index (κ1) is 39.4. The van der Waals surface area contributed by atoms with Gasteiger partial charge in [-0.1, -0.05) is 188 Å². The van der Waals surface area contributed by atoms with Gasteiger partial charge in [-0.3, -0.25) is 0 Å². The van der Waals surface area contributed by atoms with Crippen molar-refractivity contribution in [3.63, 3.8) is 0 Å². The van der Waals surface area contributed by atoms with Gasteiger partial charge in [0, 0.05) is 32.9 Å². The Bertz CT molecular complexity index is 3980. The molecule has 0 spiro atoms. The lowest BCUT2D eigenvalue weighted by molar-refractivity contribution is 1.18. The van der Waals surface area contributed by atoms with E-state index in [2.05, 4.69) is 276 Å². The van der Waals surface area contributed by atoms with Crippen LogP contribution in [0.1, 0.15) is 0 Å². The van der Waals surface area contributed by atoms with Gasteiger partial charge in [-0.15, -0.1) is 0 Å². The minimum atomic E-state index is 1.14. The molecule has 0 fully saturated rings. The van der Waals surface area contributed by atoms with Gasteiger partial charge in [-0.25, -0.2) is 0 Å². The predicted molar refractivity (Wildman–Crippen MR) is 288 cm³/mol. The quantitative estimate of drug-likeness (QED) is 0.144. The molecule has 13 rings (SSSR count). The molecule has 2 aromatic heterocycles. The van der Waals surface area contributed by atoms with Crippen molar-refractivity contribution in [2.75, 3.05) is 0 Å². The maximum Gasteiger partial charge on any atom is 0.0541 e. The monoisotopic (exact) mass is 864 g/mol. The lowest BCUT2D eigenvalue weighted by Crippen LogP contribution is -1.94. The molecule has 2 nitrogen and oxygen atoms in total. The highest BCUT2D eigenvalue weighted by molar-refractivity contribution is 6.13. The van der Waals surface area contributed by atoms with Gasteiger partial charge in [-0.05, 0) is 146 Å². The Morgan fingerprint density at radius 3 is 0.824 bits per heavy atom. The minimum absolute atomic E-state index is 1.14. The molecule has 0 aliphatic rings. The number of rotatable bonds is 8. The summed E-state index contributed by atoms with van der Waals surface area (Å²) in [6, 6.07) is 97.5. The Labute approximate surface area is 395 Å². The van der Waals surface area contributed by atoms with Crippen molar-refractivity contribution in [3.8, 4) is 78.1 Å². The highest BCUT2D eigenvalue weighted by Gasteiger charge is 2.18. The second-order valence-electron chi connectivity index (χ2n) is 17.7. The number of hydrogen-bond acceptors (Lipinski definition) is 0. The fourth-order valence-corrected chi connectivity index (χ4v) is 10.3. The van der Waals surface area contributed by atoms with Gasteiger partial charge in [0.1, 0.15) is 0 Å². The normalized spacial score (nSPS) is 11.5. The Kier molecular flexibility index (Phi) is 9.54. The maximum atomic E-state index is 2.43. The Morgan fingerprint density at radius 2 is 0.426 bits per heavy atom. The molecule has 0 radical (unpaired) electrons. The van der Waals surface area contributed by atoms with Crippen molar-refractivity contribution < 1.29 is 0 Å². The highest BCUT2D eigenvalue weighted by atomic mass is 15.0. The molecule has 0 amide bonds. The zero-order valence-electron chi connectivity index (χ0n) is 37.3. The van der Waals surface area contributed by atoms with Crippen molar-refractivity contribution in [2.24, 2.45) is 0 Å². The van der Waals surface area contributed by atoms with Crippen LogP contribution in [0.5, 0.6) is 0 Å². The number of aromatic nitrogens is 2. The fraction of sp³-hybridized carbons (Fsp3) is 0. The van der Waals surface area contributed by atoms with Gasteiger partial charge in [0.05, 0.1) is 22.1 Å². The van der Waals surface area contributed by atoms with E-state index < -0.39 is 0 Å². The van der Waals surface area contributed by atoms with Crippen molar-refractivity contribution >= 4 is 43.6 Å². The molecule has 0 saturated heterocycles.